The molecule has 0 aliphatic rings. The third kappa shape index (κ3) is 5.32. The number of nitriles is 1. The molecule has 2 aromatic rings. The number of nitrogens with one attached hydrogen (secondary N) is 2. The van der Waals surface area contributed by atoms with Crippen molar-refractivity contribution >= 4 is 32.6 Å². The summed E-state index contributed by atoms with van der Waals surface area (Å²) in [6, 6.07) is 15.2. The fourth-order valence-corrected chi connectivity index (χ4v) is 3.68. The van der Waals surface area contributed by atoms with E-state index in [9.17, 15) is 8.42 Å². The first-order valence-electron chi connectivity index (χ1n) is 7.41. The second-order valence-electron chi connectivity index (χ2n) is 5.11. The summed E-state index contributed by atoms with van der Waals surface area (Å²) >= 11 is 1.29. The normalized spacial score (nSPS) is 13.1. The van der Waals surface area contributed by atoms with Crippen molar-refractivity contribution in [2.75, 3.05) is 6.26 Å². The molecule has 0 heterocycles. The average Bonchev–Trinajstić information content (AvgIpc) is 2.62. The van der Waals surface area contributed by atoms with Crippen LogP contribution in [0, 0.1) is 11.5 Å². The highest BCUT2D eigenvalue weighted by Gasteiger charge is 2.18. The molecule has 1 unspecified atom stereocenters. The molecular formula is C17H18N4O2S2. The number of sulfonamides is 1. The largest absolute Gasteiger partial charge is 0.271 e. The van der Waals surface area contributed by atoms with Gasteiger partial charge in [-0.1, -0.05) is 42.1 Å². The predicted molar refractivity (Wildman–Crippen MR) is 101 cm³/mol. The number of hydrogen-bond donors (Lipinski definition) is 2. The van der Waals surface area contributed by atoms with Crippen LogP contribution in [0.2, 0.25) is 0 Å². The molecule has 0 radical (unpaired) electrons. The summed E-state index contributed by atoms with van der Waals surface area (Å²) in [4.78, 5) is 4.39. The summed E-state index contributed by atoms with van der Waals surface area (Å²) in [7, 11) is -3.64. The van der Waals surface area contributed by atoms with Gasteiger partial charge in [0.2, 0.25) is 10.0 Å². The first-order valence-corrected chi connectivity index (χ1v) is 10.1. The first kappa shape index (κ1) is 19.0. The summed E-state index contributed by atoms with van der Waals surface area (Å²) in [5.41, 5.74) is 1.45. The fourth-order valence-electron chi connectivity index (χ4n) is 2.10. The van der Waals surface area contributed by atoms with Crippen LogP contribution in [0.4, 0.5) is 5.69 Å². The standard InChI is InChI=1S/C17H18N4O2S2/c1-13(14-6-4-3-5-7-14)21-25(22,23)16-10-8-15(9-11-16)20-17(24-2)19-12-18/h3-11,13,21H,1-2H3,(H,19,20). The minimum atomic E-state index is -3.64. The Bertz CT molecular complexity index is 873. The third-order valence-corrected chi connectivity index (χ3v) is 5.50. The van der Waals surface area contributed by atoms with E-state index in [1.54, 1.807) is 31.5 Å². The zero-order valence-corrected chi connectivity index (χ0v) is 15.4. The van der Waals surface area contributed by atoms with E-state index in [1.807, 2.05) is 30.3 Å². The van der Waals surface area contributed by atoms with Gasteiger partial charge < -0.3 is 0 Å². The average molecular weight is 374 g/mol. The maximum Gasteiger partial charge on any atom is 0.241 e. The Morgan fingerprint density at radius 2 is 1.80 bits per heavy atom. The van der Waals surface area contributed by atoms with Crippen molar-refractivity contribution < 1.29 is 8.42 Å². The highest BCUT2D eigenvalue weighted by atomic mass is 32.2. The number of nitrogens with zero attached hydrogens (tertiary/aromatic N) is 2. The molecule has 0 saturated carbocycles. The second-order valence-corrected chi connectivity index (χ2v) is 7.61. The van der Waals surface area contributed by atoms with E-state index in [0.29, 0.717) is 10.9 Å². The van der Waals surface area contributed by atoms with Crippen LogP contribution in [0.25, 0.3) is 0 Å². The van der Waals surface area contributed by atoms with Gasteiger partial charge in [-0.2, -0.15) is 5.26 Å². The SMILES string of the molecule is CSC(=Nc1ccc(S(=O)(=O)NC(C)c2ccccc2)cc1)NC#N. The number of hydrogen-bond acceptors (Lipinski definition) is 5. The lowest BCUT2D eigenvalue weighted by atomic mass is 10.1. The van der Waals surface area contributed by atoms with Gasteiger partial charge >= 0.3 is 0 Å². The molecule has 6 nitrogen and oxygen atoms in total. The van der Waals surface area contributed by atoms with Crippen molar-refractivity contribution in [2.45, 2.75) is 17.9 Å². The number of rotatable bonds is 5. The molecule has 2 rings (SSSR count). The second kappa shape index (κ2) is 8.67. The summed E-state index contributed by atoms with van der Waals surface area (Å²) < 4.78 is 27.7. The summed E-state index contributed by atoms with van der Waals surface area (Å²) in [5.74, 6) is 0. The maximum atomic E-state index is 12.5. The van der Waals surface area contributed by atoms with Crippen LogP contribution in [0.5, 0.6) is 0 Å². The van der Waals surface area contributed by atoms with E-state index in [-0.39, 0.29) is 10.9 Å². The van der Waals surface area contributed by atoms with E-state index < -0.39 is 10.0 Å². The Morgan fingerprint density at radius 1 is 1.16 bits per heavy atom. The molecule has 0 aliphatic carbocycles. The van der Waals surface area contributed by atoms with Gasteiger partial charge in [0.25, 0.3) is 0 Å². The van der Waals surface area contributed by atoms with Crippen molar-refractivity contribution in [1.29, 1.82) is 5.26 Å². The van der Waals surface area contributed by atoms with Crippen molar-refractivity contribution in [3.05, 3.63) is 60.2 Å². The molecule has 2 aromatic carbocycles. The minimum absolute atomic E-state index is 0.160. The number of benzene rings is 2. The monoisotopic (exact) mass is 374 g/mol. The zero-order chi connectivity index (χ0) is 18.3. The van der Waals surface area contributed by atoms with Crippen LogP contribution in [-0.4, -0.2) is 19.8 Å². The van der Waals surface area contributed by atoms with Crippen LogP contribution >= 0.6 is 11.8 Å². The third-order valence-electron chi connectivity index (χ3n) is 3.37. The summed E-state index contributed by atoms with van der Waals surface area (Å²) in [6.45, 7) is 1.80. The minimum Gasteiger partial charge on any atom is -0.271 e. The van der Waals surface area contributed by atoms with Gasteiger partial charge in [-0.15, -0.1) is 0 Å². The Balaban J connectivity index is 2.16. The quantitative estimate of drug-likeness (QED) is 0.363. The molecule has 25 heavy (non-hydrogen) atoms. The highest BCUT2D eigenvalue weighted by molar-refractivity contribution is 8.13. The lowest BCUT2D eigenvalue weighted by Crippen LogP contribution is -2.26. The van der Waals surface area contributed by atoms with E-state index >= 15 is 0 Å². The number of amidine groups is 1. The molecule has 2 N–H and O–H groups in total. The number of thioether (sulfide) groups is 1. The molecule has 0 amide bonds. The molecule has 1 atom stereocenters. The van der Waals surface area contributed by atoms with Crippen LogP contribution in [0.3, 0.4) is 0 Å². The lowest BCUT2D eigenvalue weighted by molar-refractivity contribution is 0.567. The van der Waals surface area contributed by atoms with Gasteiger partial charge in [0.05, 0.1) is 10.6 Å². The predicted octanol–water partition coefficient (Wildman–Crippen LogP) is 3.15. The Labute approximate surface area is 152 Å². The van der Waals surface area contributed by atoms with Gasteiger partial charge in [-0.25, -0.2) is 18.1 Å². The lowest BCUT2D eigenvalue weighted by Gasteiger charge is -2.14. The number of aliphatic imine (C=N–C) groups is 1. The van der Waals surface area contributed by atoms with E-state index in [4.69, 9.17) is 5.26 Å². The Kier molecular flexibility index (Phi) is 6.58. The molecule has 0 aliphatic heterocycles. The Morgan fingerprint density at radius 3 is 2.36 bits per heavy atom. The van der Waals surface area contributed by atoms with Crippen molar-refractivity contribution in [3.63, 3.8) is 0 Å². The van der Waals surface area contributed by atoms with Gasteiger partial charge in [0.1, 0.15) is 0 Å². The fraction of sp³-hybridized carbons (Fsp3) is 0.176. The van der Waals surface area contributed by atoms with Crippen LogP contribution in [0.1, 0.15) is 18.5 Å². The molecule has 0 fully saturated rings. The molecule has 130 valence electrons. The van der Waals surface area contributed by atoms with Crippen LogP contribution in [0.15, 0.2) is 64.5 Å². The first-order chi connectivity index (χ1) is 12.0. The topological polar surface area (TPSA) is 94.3 Å². The van der Waals surface area contributed by atoms with Crippen LogP contribution < -0.4 is 10.0 Å². The van der Waals surface area contributed by atoms with E-state index in [0.717, 1.165) is 5.56 Å². The Hall–Kier alpha value is -2.34. The van der Waals surface area contributed by atoms with Gasteiger partial charge in [0.15, 0.2) is 11.4 Å². The summed E-state index contributed by atoms with van der Waals surface area (Å²) in [6.07, 6.45) is 3.59. The summed E-state index contributed by atoms with van der Waals surface area (Å²) in [5, 5.41) is 11.5. The smallest absolute Gasteiger partial charge is 0.241 e. The molecule has 0 spiro atoms. The zero-order valence-electron chi connectivity index (χ0n) is 13.8. The maximum absolute atomic E-state index is 12.5. The van der Waals surface area contributed by atoms with Crippen LogP contribution in [-0.2, 0) is 10.0 Å². The van der Waals surface area contributed by atoms with Gasteiger partial charge in [0, 0.05) is 6.04 Å². The molecule has 0 saturated heterocycles. The molecule has 8 heteroatoms. The highest BCUT2D eigenvalue weighted by Crippen LogP contribution is 2.20. The van der Waals surface area contributed by atoms with Gasteiger partial charge in [-0.3, -0.25) is 5.32 Å². The molecular weight excluding hydrogens is 356 g/mol. The molecule has 0 bridgehead atoms. The molecule has 0 aromatic heterocycles. The van der Waals surface area contributed by atoms with Crippen molar-refractivity contribution in [2.24, 2.45) is 4.99 Å². The van der Waals surface area contributed by atoms with E-state index in [2.05, 4.69) is 15.0 Å². The van der Waals surface area contributed by atoms with Crippen molar-refractivity contribution in [3.8, 4) is 6.19 Å². The van der Waals surface area contributed by atoms with Gasteiger partial charge in [-0.05, 0) is 43.0 Å². The van der Waals surface area contributed by atoms with E-state index in [1.165, 1.54) is 23.9 Å². The van der Waals surface area contributed by atoms with Crippen molar-refractivity contribution in [1.82, 2.24) is 10.0 Å².